The number of halogens is 3. The number of methoxy groups -OCH3 is 3. The number of hydrogen-bond donors (Lipinski definition) is 0. The first kappa shape index (κ1) is 24.8. The van der Waals surface area contributed by atoms with Crippen LogP contribution in [0.4, 0.5) is 13.2 Å². The number of hydrogen-bond acceptors (Lipinski definition) is 7. The predicted octanol–water partition coefficient (Wildman–Crippen LogP) is 4.24. The van der Waals surface area contributed by atoms with Gasteiger partial charge in [-0.1, -0.05) is 24.3 Å². The van der Waals surface area contributed by atoms with Crippen molar-refractivity contribution in [2.24, 2.45) is 0 Å². The van der Waals surface area contributed by atoms with E-state index in [0.717, 1.165) is 18.2 Å². The molecule has 2 aromatic carbocycles. The van der Waals surface area contributed by atoms with Crippen LogP contribution in [0.25, 0.3) is 12.2 Å². The molecule has 7 nitrogen and oxygen atoms in total. The lowest BCUT2D eigenvalue weighted by Gasteiger charge is -2.12. The Hall–Kier alpha value is -3.47. The molecule has 0 amide bonds. The Morgan fingerprint density at radius 3 is 1.94 bits per heavy atom. The van der Waals surface area contributed by atoms with Crippen molar-refractivity contribution in [2.45, 2.75) is 5.51 Å². The minimum absolute atomic E-state index is 0.259. The molecule has 172 valence electrons. The Morgan fingerprint density at radius 1 is 0.875 bits per heavy atom. The molecule has 0 saturated heterocycles. The minimum atomic E-state index is -5.79. The van der Waals surface area contributed by atoms with Gasteiger partial charge in [0.05, 0.1) is 21.3 Å². The van der Waals surface area contributed by atoms with Crippen molar-refractivity contribution in [3.8, 4) is 23.0 Å². The Balaban J connectivity index is 2.15. The summed E-state index contributed by atoms with van der Waals surface area (Å²) in [6.45, 7) is 0. The molecule has 2 aromatic rings. The fourth-order valence-corrected chi connectivity index (χ4v) is 2.91. The molecule has 0 heterocycles. The van der Waals surface area contributed by atoms with Crippen LogP contribution in [0.2, 0.25) is 0 Å². The summed E-state index contributed by atoms with van der Waals surface area (Å²) in [5, 5.41) is 0. The fourth-order valence-electron chi connectivity index (χ4n) is 2.45. The van der Waals surface area contributed by atoms with Crippen molar-refractivity contribution in [2.75, 3.05) is 21.3 Å². The topological polar surface area (TPSA) is 88.1 Å². The van der Waals surface area contributed by atoms with Gasteiger partial charge in [-0.2, -0.15) is 21.6 Å². The fraction of sp³-hybridized carbons (Fsp3) is 0.190. The van der Waals surface area contributed by atoms with Crippen LogP contribution in [0, 0.1) is 0 Å². The highest BCUT2D eigenvalue weighted by Crippen LogP contribution is 2.38. The summed E-state index contributed by atoms with van der Waals surface area (Å²) < 4.78 is 79.3. The summed E-state index contributed by atoms with van der Waals surface area (Å²) in [5.41, 5.74) is -4.70. The molecule has 2 rings (SSSR count). The normalized spacial score (nSPS) is 12.2. The first-order valence-electron chi connectivity index (χ1n) is 8.81. The predicted molar refractivity (Wildman–Crippen MR) is 111 cm³/mol. The Labute approximate surface area is 182 Å². The number of allylic oxidation sites excluding steroid dienone is 2. The maximum Gasteiger partial charge on any atom is 0.534 e. The zero-order chi connectivity index (χ0) is 23.9. The average Bonchev–Trinajstić information content (AvgIpc) is 2.74. The van der Waals surface area contributed by atoms with Crippen molar-refractivity contribution in [3.63, 3.8) is 0 Å². The summed E-state index contributed by atoms with van der Waals surface area (Å²) in [6.07, 6.45) is 5.22. The van der Waals surface area contributed by atoms with E-state index in [1.165, 1.54) is 51.7 Å². The largest absolute Gasteiger partial charge is 0.534 e. The number of carbonyl (C=O) groups excluding carboxylic acids is 1. The van der Waals surface area contributed by atoms with Crippen LogP contribution in [0.15, 0.2) is 48.6 Å². The van der Waals surface area contributed by atoms with Gasteiger partial charge in [0.1, 0.15) is 5.75 Å². The van der Waals surface area contributed by atoms with Gasteiger partial charge in [0.25, 0.3) is 0 Å². The van der Waals surface area contributed by atoms with Gasteiger partial charge in [-0.25, -0.2) is 0 Å². The smallest absolute Gasteiger partial charge is 0.493 e. The zero-order valence-electron chi connectivity index (χ0n) is 17.2. The molecule has 0 unspecified atom stereocenters. The lowest BCUT2D eigenvalue weighted by molar-refractivity contribution is -0.110. The van der Waals surface area contributed by atoms with Crippen LogP contribution in [-0.4, -0.2) is 41.0 Å². The Morgan fingerprint density at radius 2 is 1.44 bits per heavy atom. The molecule has 0 spiro atoms. The van der Waals surface area contributed by atoms with Gasteiger partial charge in [-0.05, 0) is 47.5 Å². The van der Waals surface area contributed by atoms with E-state index >= 15 is 0 Å². The molecule has 0 atom stereocenters. The first-order chi connectivity index (χ1) is 15.0. The van der Waals surface area contributed by atoms with Crippen LogP contribution >= 0.6 is 0 Å². The Bertz CT molecular complexity index is 1110. The van der Waals surface area contributed by atoms with Gasteiger partial charge in [0, 0.05) is 0 Å². The van der Waals surface area contributed by atoms with E-state index in [0.29, 0.717) is 22.8 Å². The van der Waals surface area contributed by atoms with E-state index in [-0.39, 0.29) is 5.56 Å². The van der Waals surface area contributed by atoms with Crippen LogP contribution in [0.5, 0.6) is 23.0 Å². The number of carbonyl (C=O) groups is 1. The van der Waals surface area contributed by atoms with Crippen molar-refractivity contribution in [1.82, 2.24) is 0 Å². The highest BCUT2D eigenvalue weighted by atomic mass is 32.2. The lowest BCUT2D eigenvalue weighted by Crippen LogP contribution is -2.28. The molecule has 11 heteroatoms. The number of benzene rings is 2. The van der Waals surface area contributed by atoms with Crippen molar-refractivity contribution >= 4 is 28.1 Å². The van der Waals surface area contributed by atoms with Crippen molar-refractivity contribution < 1.29 is 44.8 Å². The van der Waals surface area contributed by atoms with Crippen LogP contribution in [0.3, 0.4) is 0 Å². The quantitative estimate of drug-likeness (QED) is 0.307. The molecule has 0 aliphatic rings. The molecular formula is C21H19F3O7S. The van der Waals surface area contributed by atoms with E-state index in [2.05, 4.69) is 4.18 Å². The molecule has 0 fully saturated rings. The summed E-state index contributed by atoms with van der Waals surface area (Å²) in [7, 11) is -1.42. The molecule has 0 aliphatic carbocycles. The minimum Gasteiger partial charge on any atom is -0.493 e. The molecule has 0 radical (unpaired) electrons. The van der Waals surface area contributed by atoms with Crippen LogP contribution < -0.4 is 18.4 Å². The van der Waals surface area contributed by atoms with E-state index < -0.39 is 27.2 Å². The number of alkyl halides is 3. The average molecular weight is 472 g/mol. The summed E-state index contributed by atoms with van der Waals surface area (Å²) in [5.74, 6) is 0.228. The third kappa shape index (κ3) is 6.27. The third-order valence-corrected chi connectivity index (χ3v) is 4.89. The van der Waals surface area contributed by atoms with E-state index in [1.807, 2.05) is 0 Å². The second-order valence-electron chi connectivity index (χ2n) is 6.08. The van der Waals surface area contributed by atoms with Crippen molar-refractivity contribution in [1.29, 1.82) is 0 Å². The highest BCUT2D eigenvalue weighted by Gasteiger charge is 2.48. The number of rotatable bonds is 9. The molecule has 0 N–H and O–H groups in total. The van der Waals surface area contributed by atoms with E-state index in [9.17, 15) is 26.4 Å². The second kappa shape index (κ2) is 10.2. The van der Waals surface area contributed by atoms with Gasteiger partial charge in [-0.15, -0.1) is 0 Å². The molecule has 0 bridgehead atoms. The standard InChI is InChI=1S/C21H19F3O7S/c1-28-18-12-15(13-19(29-2)20(18)30-3)8-10-16(25)9-7-14-5-4-6-17(11-14)31-32(26,27)21(22,23)24/h4-13H,1-3H3/b9-7+,10-8+. The lowest BCUT2D eigenvalue weighted by atomic mass is 10.1. The van der Waals surface area contributed by atoms with Crippen LogP contribution in [-0.2, 0) is 14.9 Å². The van der Waals surface area contributed by atoms with Crippen molar-refractivity contribution in [3.05, 3.63) is 59.7 Å². The Kier molecular flexibility index (Phi) is 7.92. The van der Waals surface area contributed by atoms with Gasteiger partial charge in [0.2, 0.25) is 5.75 Å². The van der Waals surface area contributed by atoms with Gasteiger partial charge in [0.15, 0.2) is 17.3 Å². The van der Waals surface area contributed by atoms with Gasteiger partial charge < -0.3 is 18.4 Å². The summed E-state index contributed by atoms with van der Waals surface area (Å²) in [4.78, 5) is 12.1. The maximum atomic E-state index is 12.4. The maximum absolute atomic E-state index is 12.4. The molecule has 32 heavy (non-hydrogen) atoms. The van der Waals surface area contributed by atoms with Gasteiger partial charge in [-0.3, -0.25) is 4.79 Å². The zero-order valence-corrected chi connectivity index (χ0v) is 18.0. The second-order valence-corrected chi connectivity index (χ2v) is 7.62. The number of ketones is 1. The van der Waals surface area contributed by atoms with Crippen LogP contribution in [0.1, 0.15) is 11.1 Å². The molecular weight excluding hydrogens is 453 g/mol. The van der Waals surface area contributed by atoms with E-state index in [1.54, 1.807) is 12.1 Å². The monoisotopic (exact) mass is 472 g/mol. The number of ether oxygens (including phenoxy) is 3. The first-order valence-corrected chi connectivity index (χ1v) is 10.2. The van der Waals surface area contributed by atoms with E-state index in [4.69, 9.17) is 14.2 Å². The molecule has 0 saturated carbocycles. The highest BCUT2D eigenvalue weighted by molar-refractivity contribution is 7.88. The summed E-state index contributed by atoms with van der Waals surface area (Å²) in [6, 6.07) is 8.12. The third-order valence-electron chi connectivity index (χ3n) is 3.91. The van der Waals surface area contributed by atoms with Gasteiger partial charge >= 0.3 is 15.6 Å². The SMILES string of the molecule is COc1cc(/C=C/C(=O)/C=C/c2cccc(OS(=O)(=O)C(F)(F)F)c2)cc(OC)c1OC. The summed E-state index contributed by atoms with van der Waals surface area (Å²) >= 11 is 0. The molecule has 0 aliphatic heterocycles. The molecule has 0 aromatic heterocycles.